The van der Waals surface area contributed by atoms with Crippen LogP contribution in [0.5, 0.6) is 5.75 Å². The predicted molar refractivity (Wildman–Crippen MR) is 94.6 cm³/mol. The number of hydrogen-bond acceptors (Lipinski definition) is 2. The highest BCUT2D eigenvalue weighted by Gasteiger charge is 2.41. The number of benzene rings is 2. The summed E-state index contributed by atoms with van der Waals surface area (Å²) in [7, 11) is 1.60. The van der Waals surface area contributed by atoms with E-state index in [9.17, 15) is 4.79 Å². The number of rotatable bonds is 5. The molecule has 1 aliphatic rings. The molecular formula is C19H20BrNO2. The molecule has 120 valence electrons. The summed E-state index contributed by atoms with van der Waals surface area (Å²) in [5, 5.41) is 3.21. The second kappa shape index (κ2) is 6.75. The molecule has 3 unspecified atom stereocenters. The highest BCUT2D eigenvalue weighted by Crippen LogP contribution is 2.47. The number of carbonyl (C=O) groups excluding carboxylic acids is 1. The van der Waals surface area contributed by atoms with Crippen LogP contribution in [0.2, 0.25) is 0 Å². The molecule has 4 heteroatoms. The summed E-state index contributed by atoms with van der Waals surface area (Å²) in [4.78, 5) is 12.8. The van der Waals surface area contributed by atoms with Gasteiger partial charge in [0.1, 0.15) is 5.75 Å². The van der Waals surface area contributed by atoms with Gasteiger partial charge in [0.15, 0.2) is 0 Å². The topological polar surface area (TPSA) is 38.3 Å². The number of hydrogen-bond donors (Lipinski definition) is 1. The Morgan fingerprint density at radius 1 is 1.26 bits per heavy atom. The van der Waals surface area contributed by atoms with Gasteiger partial charge in [-0.3, -0.25) is 4.79 Å². The zero-order valence-electron chi connectivity index (χ0n) is 13.3. The first-order valence-electron chi connectivity index (χ1n) is 7.79. The molecule has 2 aromatic carbocycles. The molecule has 1 amide bonds. The minimum atomic E-state index is -0.0799. The van der Waals surface area contributed by atoms with Crippen molar-refractivity contribution in [2.75, 3.05) is 7.11 Å². The Bertz CT molecular complexity index is 702. The molecule has 0 aromatic heterocycles. The van der Waals surface area contributed by atoms with Crippen molar-refractivity contribution in [3.63, 3.8) is 0 Å². The Kier molecular flexibility index (Phi) is 4.71. The van der Waals surface area contributed by atoms with Gasteiger partial charge >= 0.3 is 0 Å². The molecule has 0 heterocycles. The summed E-state index contributed by atoms with van der Waals surface area (Å²) in [6.45, 7) is 2.23. The van der Waals surface area contributed by atoms with Crippen LogP contribution in [0.25, 0.3) is 0 Å². The maximum atomic E-state index is 12.8. The first kappa shape index (κ1) is 16.1. The fraction of sp³-hybridized carbons (Fsp3) is 0.316. The molecule has 0 saturated heterocycles. The van der Waals surface area contributed by atoms with Crippen molar-refractivity contribution in [2.45, 2.75) is 19.4 Å². The SMILES string of the molecule is COc1ccc(Br)c(C(=O)NC(c2ccccc2)C2CC2C)c1. The molecule has 0 radical (unpaired) electrons. The van der Waals surface area contributed by atoms with Crippen LogP contribution >= 0.6 is 15.9 Å². The van der Waals surface area contributed by atoms with Crippen molar-refractivity contribution in [1.29, 1.82) is 0 Å². The fourth-order valence-electron chi connectivity index (χ4n) is 2.94. The first-order chi connectivity index (χ1) is 11.1. The van der Waals surface area contributed by atoms with Gasteiger partial charge in [-0.1, -0.05) is 37.3 Å². The third-order valence-corrected chi connectivity index (χ3v) is 5.15. The normalized spacial score (nSPS) is 20.7. The largest absolute Gasteiger partial charge is 0.497 e. The van der Waals surface area contributed by atoms with Crippen molar-refractivity contribution in [3.05, 3.63) is 64.1 Å². The second-order valence-corrected chi connectivity index (χ2v) is 6.94. The number of carbonyl (C=O) groups is 1. The quantitative estimate of drug-likeness (QED) is 0.832. The molecule has 1 aliphatic carbocycles. The molecule has 0 aliphatic heterocycles. The summed E-state index contributed by atoms with van der Waals surface area (Å²) < 4.78 is 6.00. The van der Waals surface area contributed by atoms with E-state index in [1.807, 2.05) is 30.3 Å². The number of methoxy groups -OCH3 is 1. The third kappa shape index (κ3) is 3.58. The van der Waals surface area contributed by atoms with E-state index in [1.165, 1.54) is 0 Å². The monoisotopic (exact) mass is 373 g/mol. The van der Waals surface area contributed by atoms with Gasteiger partial charge in [-0.05, 0) is 57.9 Å². The van der Waals surface area contributed by atoms with E-state index >= 15 is 0 Å². The summed E-state index contributed by atoms with van der Waals surface area (Å²) in [6.07, 6.45) is 1.15. The summed E-state index contributed by atoms with van der Waals surface area (Å²) >= 11 is 3.45. The molecule has 3 atom stereocenters. The first-order valence-corrected chi connectivity index (χ1v) is 8.59. The van der Waals surface area contributed by atoms with Gasteiger partial charge in [-0.25, -0.2) is 0 Å². The van der Waals surface area contributed by atoms with Crippen LogP contribution in [0.3, 0.4) is 0 Å². The van der Waals surface area contributed by atoms with Crippen LogP contribution in [-0.2, 0) is 0 Å². The summed E-state index contributed by atoms with van der Waals surface area (Å²) in [6, 6.07) is 15.7. The molecule has 1 fully saturated rings. The van der Waals surface area contributed by atoms with Crippen molar-refractivity contribution in [3.8, 4) is 5.75 Å². The number of ether oxygens (including phenoxy) is 1. The Morgan fingerprint density at radius 3 is 2.57 bits per heavy atom. The zero-order chi connectivity index (χ0) is 16.4. The van der Waals surface area contributed by atoms with Crippen molar-refractivity contribution in [1.82, 2.24) is 5.32 Å². The zero-order valence-corrected chi connectivity index (χ0v) is 14.8. The van der Waals surface area contributed by atoms with Gasteiger partial charge < -0.3 is 10.1 Å². The molecule has 3 rings (SSSR count). The van der Waals surface area contributed by atoms with E-state index in [0.717, 1.165) is 16.5 Å². The smallest absolute Gasteiger partial charge is 0.253 e. The van der Waals surface area contributed by atoms with E-state index in [0.29, 0.717) is 23.1 Å². The van der Waals surface area contributed by atoms with E-state index in [1.54, 1.807) is 13.2 Å². The average molecular weight is 374 g/mol. The Hall–Kier alpha value is -1.81. The van der Waals surface area contributed by atoms with E-state index in [4.69, 9.17) is 4.74 Å². The Balaban J connectivity index is 1.84. The Labute approximate surface area is 145 Å². The lowest BCUT2D eigenvalue weighted by molar-refractivity contribution is 0.0929. The van der Waals surface area contributed by atoms with E-state index in [2.05, 4.69) is 40.3 Å². The molecule has 3 nitrogen and oxygen atoms in total. The van der Waals surface area contributed by atoms with Gasteiger partial charge in [-0.15, -0.1) is 0 Å². The lowest BCUT2D eigenvalue weighted by atomic mass is 10.0. The minimum absolute atomic E-state index is 0.0526. The van der Waals surface area contributed by atoms with Crippen LogP contribution < -0.4 is 10.1 Å². The predicted octanol–water partition coefficient (Wildman–Crippen LogP) is 4.58. The van der Waals surface area contributed by atoms with Crippen molar-refractivity contribution < 1.29 is 9.53 Å². The fourth-order valence-corrected chi connectivity index (χ4v) is 3.36. The number of nitrogens with one attached hydrogen (secondary N) is 1. The molecule has 0 spiro atoms. The van der Waals surface area contributed by atoms with Crippen LogP contribution in [0.4, 0.5) is 0 Å². The maximum Gasteiger partial charge on any atom is 0.253 e. The standard InChI is InChI=1S/C19H20BrNO2/c1-12-10-15(12)18(13-6-4-3-5-7-13)21-19(22)16-11-14(23-2)8-9-17(16)20/h3-9,11-12,15,18H,10H2,1-2H3,(H,21,22). The van der Waals surface area contributed by atoms with E-state index < -0.39 is 0 Å². The third-order valence-electron chi connectivity index (χ3n) is 4.46. The molecule has 1 saturated carbocycles. The number of halogens is 1. The lowest BCUT2D eigenvalue weighted by Gasteiger charge is -2.20. The summed E-state index contributed by atoms with van der Waals surface area (Å²) in [5.41, 5.74) is 1.76. The summed E-state index contributed by atoms with van der Waals surface area (Å²) in [5.74, 6) is 1.75. The highest BCUT2D eigenvalue weighted by molar-refractivity contribution is 9.10. The molecule has 23 heavy (non-hydrogen) atoms. The molecule has 1 N–H and O–H groups in total. The molecule has 2 aromatic rings. The van der Waals surface area contributed by atoms with E-state index in [-0.39, 0.29) is 11.9 Å². The van der Waals surface area contributed by atoms with Crippen LogP contribution in [-0.4, -0.2) is 13.0 Å². The van der Waals surface area contributed by atoms with Gasteiger partial charge in [0, 0.05) is 4.47 Å². The minimum Gasteiger partial charge on any atom is -0.497 e. The maximum absolute atomic E-state index is 12.8. The van der Waals surface area contributed by atoms with Crippen LogP contribution in [0.15, 0.2) is 53.0 Å². The van der Waals surface area contributed by atoms with Crippen molar-refractivity contribution >= 4 is 21.8 Å². The van der Waals surface area contributed by atoms with Crippen LogP contribution in [0, 0.1) is 11.8 Å². The van der Waals surface area contributed by atoms with Gasteiger partial charge in [0.2, 0.25) is 0 Å². The molecular weight excluding hydrogens is 354 g/mol. The second-order valence-electron chi connectivity index (χ2n) is 6.08. The van der Waals surface area contributed by atoms with Gasteiger partial charge in [-0.2, -0.15) is 0 Å². The van der Waals surface area contributed by atoms with Crippen LogP contribution in [0.1, 0.15) is 35.3 Å². The molecule has 0 bridgehead atoms. The van der Waals surface area contributed by atoms with Crippen molar-refractivity contribution in [2.24, 2.45) is 11.8 Å². The number of amides is 1. The highest BCUT2D eigenvalue weighted by atomic mass is 79.9. The van der Waals surface area contributed by atoms with Gasteiger partial charge in [0.25, 0.3) is 5.91 Å². The Morgan fingerprint density at radius 2 is 1.96 bits per heavy atom. The lowest BCUT2D eigenvalue weighted by Crippen LogP contribution is -2.30. The van der Waals surface area contributed by atoms with Gasteiger partial charge in [0.05, 0.1) is 18.7 Å². The average Bonchev–Trinajstić information content (AvgIpc) is 3.30.